The zero-order chi connectivity index (χ0) is 16.9. The van der Waals surface area contributed by atoms with Crippen LogP contribution >= 0.6 is 0 Å². The highest BCUT2D eigenvalue weighted by atomic mass is 16.5. The molecule has 6 nitrogen and oxygen atoms in total. The van der Waals surface area contributed by atoms with Crippen LogP contribution in [0.5, 0.6) is 0 Å². The van der Waals surface area contributed by atoms with Crippen LogP contribution in [0.3, 0.4) is 0 Å². The molecule has 2 fully saturated rings. The van der Waals surface area contributed by atoms with Crippen molar-refractivity contribution in [3.8, 4) is 0 Å². The van der Waals surface area contributed by atoms with E-state index in [-0.39, 0.29) is 24.3 Å². The number of hydrogen-bond donors (Lipinski definition) is 1. The summed E-state index contributed by atoms with van der Waals surface area (Å²) in [6, 6.07) is 9.83. The molecule has 2 aliphatic heterocycles. The van der Waals surface area contributed by atoms with Crippen molar-refractivity contribution < 1.29 is 24.2 Å². The Morgan fingerprint density at radius 2 is 1.96 bits per heavy atom. The van der Waals surface area contributed by atoms with Gasteiger partial charge in [0.15, 0.2) is 0 Å². The average Bonchev–Trinajstić information content (AvgIpc) is 2.61. The van der Waals surface area contributed by atoms with E-state index in [0.29, 0.717) is 26.3 Å². The molecule has 0 aromatic heterocycles. The van der Waals surface area contributed by atoms with Crippen LogP contribution in [0.2, 0.25) is 0 Å². The number of rotatable bonds is 4. The van der Waals surface area contributed by atoms with E-state index in [1.54, 1.807) is 4.90 Å². The van der Waals surface area contributed by atoms with Crippen molar-refractivity contribution in [2.45, 2.75) is 31.5 Å². The molecule has 2 saturated heterocycles. The van der Waals surface area contributed by atoms with Crippen LogP contribution in [0.4, 0.5) is 0 Å². The molecule has 0 aliphatic carbocycles. The Morgan fingerprint density at radius 3 is 2.71 bits per heavy atom. The first-order valence-corrected chi connectivity index (χ1v) is 8.44. The Labute approximate surface area is 141 Å². The highest BCUT2D eigenvalue weighted by Crippen LogP contribution is 2.35. The van der Waals surface area contributed by atoms with Crippen molar-refractivity contribution in [1.82, 2.24) is 4.90 Å². The summed E-state index contributed by atoms with van der Waals surface area (Å²) in [5, 5.41) is 8.93. The van der Waals surface area contributed by atoms with E-state index in [4.69, 9.17) is 14.6 Å². The summed E-state index contributed by atoms with van der Waals surface area (Å²) in [6.07, 6.45) is 0.919. The SMILES string of the molecule is O=C(O)CC1CN(C(=O)C2CCCOC2c2ccccc2)CCO1. The molecule has 1 aromatic rings. The maximum absolute atomic E-state index is 13.0. The Kier molecular flexibility index (Phi) is 5.48. The summed E-state index contributed by atoms with van der Waals surface area (Å²) < 4.78 is 11.4. The van der Waals surface area contributed by atoms with Gasteiger partial charge >= 0.3 is 5.97 Å². The van der Waals surface area contributed by atoms with E-state index in [2.05, 4.69) is 0 Å². The third-order valence-electron chi connectivity index (χ3n) is 4.62. The van der Waals surface area contributed by atoms with Gasteiger partial charge in [0.25, 0.3) is 0 Å². The van der Waals surface area contributed by atoms with Crippen LogP contribution in [-0.2, 0) is 19.1 Å². The lowest BCUT2D eigenvalue weighted by molar-refractivity contribution is -0.156. The molecule has 3 rings (SSSR count). The fraction of sp³-hybridized carbons (Fsp3) is 0.556. The Bertz CT molecular complexity index is 576. The lowest BCUT2D eigenvalue weighted by Crippen LogP contribution is -2.49. The van der Waals surface area contributed by atoms with Gasteiger partial charge in [0.05, 0.1) is 31.2 Å². The first-order chi connectivity index (χ1) is 11.6. The molecule has 1 N–H and O–H groups in total. The Hall–Kier alpha value is -1.92. The molecular weight excluding hydrogens is 310 g/mol. The van der Waals surface area contributed by atoms with Gasteiger partial charge in [0.2, 0.25) is 5.91 Å². The second-order valence-electron chi connectivity index (χ2n) is 6.33. The summed E-state index contributed by atoms with van der Waals surface area (Å²) in [5.74, 6) is -1.08. The number of carboxylic acids is 1. The Balaban J connectivity index is 1.71. The number of aliphatic carboxylic acids is 1. The molecule has 0 radical (unpaired) electrons. The molecule has 3 unspecified atom stereocenters. The number of amides is 1. The Morgan fingerprint density at radius 1 is 1.17 bits per heavy atom. The molecule has 1 amide bonds. The molecule has 2 aliphatic rings. The van der Waals surface area contributed by atoms with Crippen LogP contribution < -0.4 is 0 Å². The molecule has 3 atom stereocenters. The van der Waals surface area contributed by atoms with Crippen LogP contribution in [0.25, 0.3) is 0 Å². The van der Waals surface area contributed by atoms with Gasteiger partial charge in [-0.25, -0.2) is 0 Å². The minimum atomic E-state index is -0.905. The van der Waals surface area contributed by atoms with Crippen LogP contribution in [0.15, 0.2) is 30.3 Å². The third-order valence-corrected chi connectivity index (χ3v) is 4.62. The second-order valence-corrected chi connectivity index (χ2v) is 6.33. The lowest BCUT2D eigenvalue weighted by atomic mass is 9.88. The third kappa shape index (κ3) is 3.94. The van der Waals surface area contributed by atoms with Crippen molar-refractivity contribution in [1.29, 1.82) is 0 Å². The molecule has 1 aromatic carbocycles. The van der Waals surface area contributed by atoms with Gasteiger partial charge in [-0.05, 0) is 18.4 Å². The van der Waals surface area contributed by atoms with Gasteiger partial charge in [-0.2, -0.15) is 0 Å². The van der Waals surface area contributed by atoms with E-state index in [1.807, 2.05) is 30.3 Å². The lowest BCUT2D eigenvalue weighted by Gasteiger charge is -2.38. The van der Waals surface area contributed by atoms with Crippen molar-refractivity contribution in [2.24, 2.45) is 5.92 Å². The summed E-state index contributed by atoms with van der Waals surface area (Å²) in [5.41, 5.74) is 1.02. The van der Waals surface area contributed by atoms with Gasteiger partial charge in [0, 0.05) is 19.7 Å². The highest BCUT2D eigenvalue weighted by Gasteiger charge is 2.37. The van der Waals surface area contributed by atoms with Gasteiger partial charge in [-0.1, -0.05) is 30.3 Å². The zero-order valence-corrected chi connectivity index (χ0v) is 13.6. The topological polar surface area (TPSA) is 76.1 Å². The summed E-state index contributed by atoms with van der Waals surface area (Å²) in [6.45, 7) is 1.89. The number of nitrogens with zero attached hydrogens (tertiary/aromatic N) is 1. The first kappa shape index (κ1) is 16.9. The summed E-state index contributed by atoms with van der Waals surface area (Å²) in [7, 11) is 0. The number of ether oxygens (including phenoxy) is 2. The van der Waals surface area contributed by atoms with Crippen LogP contribution in [0.1, 0.15) is 30.9 Å². The number of benzene rings is 1. The quantitative estimate of drug-likeness (QED) is 0.910. The van der Waals surface area contributed by atoms with Crippen LogP contribution in [0, 0.1) is 5.92 Å². The van der Waals surface area contributed by atoms with Gasteiger partial charge in [-0.15, -0.1) is 0 Å². The highest BCUT2D eigenvalue weighted by molar-refractivity contribution is 5.80. The normalized spacial score (nSPS) is 27.7. The number of hydrogen-bond acceptors (Lipinski definition) is 4. The first-order valence-electron chi connectivity index (χ1n) is 8.44. The summed E-state index contributed by atoms with van der Waals surface area (Å²) in [4.78, 5) is 25.6. The molecular formula is C18H23NO5. The fourth-order valence-electron chi connectivity index (χ4n) is 3.48. The number of carbonyl (C=O) groups is 2. The smallest absolute Gasteiger partial charge is 0.306 e. The van der Waals surface area contributed by atoms with Crippen LogP contribution in [-0.4, -0.2) is 54.3 Å². The van der Waals surface area contributed by atoms with Crippen molar-refractivity contribution in [2.75, 3.05) is 26.3 Å². The number of carboxylic acid groups (broad SMARTS) is 1. The molecule has 24 heavy (non-hydrogen) atoms. The van der Waals surface area contributed by atoms with E-state index in [9.17, 15) is 9.59 Å². The second kappa shape index (κ2) is 7.77. The van der Waals surface area contributed by atoms with Crippen molar-refractivity contribution in [3.63, 3.8) is 0 Å². The molecule has 2 heterocycles. The molecule has 130 valence electrons. The minimum absolute atomic E-state index is 0.0437. The maximum atomic E-state index is 13.0. The van der Waals surface area contributed by atoms with Gasteiger partial charge in [0.1, 0.15) is 0 Å². The number of morpholine rings is 1. The molecule has 0 bridgehead atoms. The molecule has 0 saturated carbocycles. The maximum Gasteiger partial charge on any atom is 0.306 e. The monoisotopic (exact) mass is 333 g/mol. The summed E-state index contributed by atoms with van der Waals surface area (Å²) >= 11 is 0. The molecule has 0 spiro atoms. The minimum Gasteiger partial charge on any atom is -0.481 e. The van der Waals surface area contributed by atoms with E-state index in [1.165, 1.54) is 0 Å². The standard InChI is InChI=1S/C18H23NO5/c20-16(21)11-14-12-19(8-10-23-14)18(22)15-7-4-9-24-17(15)13-5-2-1-3-6-13/h1-3,5-6,14-15,17H,4,7-12H2,(H,20,21). The largest absolute Gasteiger partial charge is 0.481 e. The average molecular weight is 333 g/mol. The zero-order valence-electron chi connectivity index (χ0n) is 13.6. The van der Waals surface area contributed by atoms with Gasteiger partial charge in [-0.3, -0.25) is 9.59 Å². The van der Waals surface area contributed by atoms with Crippen molar-refractivity contribution in [3.05, 3.63) is 35.9 Å². The number of carbonyl (C=O) groups excluding carboxylic acids is 1. The predicted molar refractivity (Wildman–Crippen MR) is 86.4 cm³/mol. The fourth-order valence-corrected chi connectivity index (χ4v) is 3.48. The van der Waals surface area contributed by atoms with E-state index in [0.717, 1.165) is 18.4 Å². The van der Waals surface area contributed by atoms with Crippen molar-refractivity contribution >= 4 is 11.9 Å². The van der Waals surface area contributed by atoms with E-state index < -0.39 is 12.1 Å². The van der Waals surface area contributed by atoms with Gasteiger partial charge < -0.3 is 19.5 Å². The predicted octanol–water partition coefficient (Wildman–Crippen LogP) is 1.86. The molecule has 6 heteroatoms. The van der Waals surface area contributed by atoms with E-state index >= 15 is 0 Å².